The average molecular weight is 313 g/mol. The first-order valence-electron chi connectivity index (χ1n) is 6.77. The third-order valence-electron chi connectivity index (χ3n) is 3.14. The smallest absolute Gasteiger partial charge is 0.275 e. The van der Waals surface area contributed by atoms with E-state index in [9.17, 15) is 4.79 Å². The summed E-state index contributed by atoms with van der Waals surface area (Å²) in [6.07, 6.45) is 1.70. The second-order valence-corrected chi connectivity index (χ2v) is 5.62. The summed E-state index contributed by atoms with van der Waals surface area (Å²) in [6, 6.07) is 13.5. The number of methoxy groups -OCH3 is 1. The summed E-state index contributed by atoms with van der Waals surface area (Å²) in [5, 5.41) is 9.17. The summed E-state index contributed by atoms with van der Waals surface area (Å²) in [4.78, 5) is 13.4. The molecule has 0 saturated heterocycles. The Kier molecular flexibility index (Phi) is 4.20. The van der Waals surface area contributed by atoms with Gasteiger partial charge in [-0.3, -0.25) is 4.79 Å². The van der Waals surface area contributed by atoms with Crippen LogP contribution in [0.3, 0.4) is 0 Å². The van der Waals surface area contributed by atoms with Crippen LogP contribution in [-0.4, -0.2) is 22.8 Å². The van der Waals surface area contributed by atoms with Crippen LogP contribution in [-0.2, 0) is 6.54 Å². The molecule has 0 aliphatic heterocycles. The lowest BCUT2D eigenvalue weighted by Gasteiger charge is -2.02. The van der Waals surface area contributed by atoms with Crippen molar-refractivity contribution in [1.29, 1.82) is 0 Å². The number of aromatic nitrogens is 2. The van der Waals surface area contributed by atoms with Crippen molar-refractivity contribution in [2.45, 2.75) is 6.54 Å². The van der Waals surface area contributed by atoms with Crippen LogP contribution in [0.15, 0.2) is 54.0 Å². The van der Waals surface area contributed by atoms with Crippen LogP contribution in [0, 0.1) is 0 Å². The van der Waals surface area contributed by atoms with Crippen molar-refractivity contribution < 1.29 is 9.53 Å². The Hall–Kier alpha value is -2.60. The fraction of sp³-hybridized carbons (Fsp3) is 0.125. The highest BCUT2D eigenvalue weighted by Gasteiger charge is 2.18. The third-order valence-corrected chi connectivity index (χ3v) is 4.02. The molecule has 6 heteroatoms. The van der Waals surface area contributed by atoms with Gasteiger partial charge in [-0.05, 0) is 23.6 Å². The number of para-hydroxylation sites is 1. The number of carbonyl (C=O) groups excluding carboxylic acids is 1. The largest absolute Gasteiger partial charge is 0.493 e. The quantitative estimate of drug-likeness (QED) is 0.788. The van der Waals surface area contributed by atoms with Crippen molar-refractivity contribution in [2.75, 3.05) is 7.11 Å². The van der Waals surface area contributed by atoms with Gasteiger partial charge in [0.15, 0.2) is 11.4 Å². The predicted molar refractivity (Wildman–Crippen MR) is 85.6 cm³/mol. The highest BCUT2D eigenvalue weighted by Crippen LogP contribution is 2.19. The first-order chi connectivity index (χ1) is 10.8. The standard InChI is InChI=1S/C16H15N3O2S/c1-21-14-11-19(12-6-3-2-4-7-12)18-15(14)16(20)17-10-13-8-5-9-22-13/h2-9,11H,10H2,1H3,(H,17,20). The maximum atomic E-state index is 12.3. The van der Waals surface area contributed by atoms with E-state index in [2.05, 4.69) is 10.4 Å². The summed E-state index contributed by atoms with van der Waals surface area (Å²) in [7, 11) is 1.53. The minimum atomic E-state index is -0.250. The van der Waals surface area contributed by atoms with E-state index in [4.69, 9.17) is 4.74 Å². The Morgan fingerprint density at radius 2 is 2.09 bits per heavy atom. The fourth-order valence-corrected chi connectivity index (χ4v) is 2.69. The zero-order chi connectivity index (χ0) is 15.4. The van der Waals surface area contributed by atoms with Gasteiger partial charge in [-0.1, -0.05) is 24.3 Å². The lowest BCUT2D eigenvalue weighted by Crippen LogP contribution is -2.23. The van der Waals surface area contributed by atoms with Gasteiger partial charge >= 0.3 is 0 Å². The van der Waals surface area contributed by atoms with E-state index in [1.807, 2.05) is 47.8 Å². The first-order valence-corrected chi connectivity index (χ1v) is 7.65. The van der Waals surface area contributed by atoms with Crippen molar-refractivity contribution >= 4 is 17.2 Å². The third kappa shape index (κ3) is 3.01. The van der Waals surface area contributed by atoms with Crippen molar-refractivity contribution in [3.05, 3.63) is 64.6 Å². The number of benzene rings is 1. The molecule has 1 aromatic carbocycles. The van der Waals surface area contributed by atoms with Crippen LogP contribution in [0.4, 0.5) is 0 Å². The molecule has 2 heterocycles. The number of nitrogens with zero attached hydrogens (tertiary/aromatic N) is 2. The number of carbonyl (C=O) groups is 1. The van der Waals surface area contributed by atoms with Crippen molar-refractivity contribution in [1.82, 2.24) is 15.1 Å². The molecule has 0 radical (unpaired) electrons. The van der Waals surface area contributed by atoms with Gasteiger partial charge in [0.1, 0.15) is 0 Å². The summed E-state index contributed by atoms with van der Waals surface area (Å²) >= 11 is 1.60. The molecule has 0 fully saturated rings. The second kappa shape index (κ2) is 6.44. The molecule has 0 aliphatic carbocycles. The van der Waals surface area contributed by atoms with Gasteiger partial charge in [-0.25, -0.2) is 4.68 Å². The molecule has 0 unspecified atom stereocenters. The summed E-state index contributed by atoms with van der Waals surface area (Å²) in [5.74, 6) is 0.201. The van der Waals surface area contributed by atoms with E-state index in [1.54, 1.807) is 22.2 Å². The van der Waals surface area contributed by atoms with Gasteiger partial charge < -0.3 is 10.1 Å². The molecule has 3 aromatic rings. The maximum Gasteiger partial charge on any atom is 0.275 e. The van der Waals surface area contributed by atoms with Gasteiger partial charge in [-0.15, -0.1) is 11.3 Å². The maximum absolute atomic E-state index is 12.3. The SMILES string of the molecule is COc1cn(-c2ccccc2)nc1C(=O)NCc1cccs1. The van der Waals surface area contributed by atoms with Gasteiger partial charge in [0.25, 0.3) is 5.91 Å². The molecular formula is C16H15N3O2S. The fourth-order valence-electron chi connectivity index (χ4n) is 2.04. The Bertz CT molecular complexity index is 751. The second-order valence-electron chi connectivity index (χ2n) is 4.59. The molecule has 1 N–H and O–H groups in total. The Morgan fingerprint density at radius 3 is 2.77 bits per heavy atom. The summed E-state index contributed by atoms with van der Waals surface area (Å²) in [5.41, 5.74) is 1.15. The van der Waals surface area contributed by atoms with Gasteiger partial charge in [0.05, 0.1) is 25.5 Å². The van der Waals surface area contributed by atoms with E-state index in [1.165, 1.54) is 7.11 Å². The van der Waals surface area contributed by atoms with Crippen LogP contribution < -0.4 is 10.1 Å². The Labute approximate surface area is 132 Å². The van der Waals surface area contributed by atoms with Gasteiger partial charge in [-0.2, -0.15) is 5.10 Å². The summed E-state index contributed by atoms with van der Waals surface area (Å²) < 4.78 is 6.90. The van der Waals surface area contributed by atoms with Crippen molar-refractivity contribution in [3.8, 4) is 11.4 Å². The lowest BCUT2D eigenvalue weighted by atomic mass is 10.3. The molecular weight excluding hydrogens is 298 g/mol. The molecule has 0 aliphatic rings. The Balaban J connectivity index is 1.80. The molecule has 112 valence electrons. The number of amides is 1. The topological polar surface area (TPSA) is 56.2 Å². The van der Waals surface area contributed by atoms with Crippen molar-refractivity contribution in [3.63, 3.8) is 0 Å². The van der Waals surface area contributed by atoms with E-state index in [-0.39, 0.29) is 11.6 Å². The minimum Gasteiger partial charge on any atom is -0.493 e. The molecule has 1 amide bonds. The molecule has 0 bridgehead atoms. The lowest BCUT2D eigenvalue weighted by molar-refractivity contribution is 0.0943. The summed E-state index contributed by atoms with van der Waals surface area (Å²) in [6.45, 7) is 0.484. The number of nitrogens with one attached hydrogen (secondary N) is 1. The highest BCUT2D eigenvalue weighted by atomic mass is 32.1. The molecule has 22 heavy (non-hydrogen) atoms. The zero-order valence-electron chi connectivity index (χ0n) is 12.0. The molecule has 0 saturated carbocycles. The predicted octanol–water partition coefficient (Wildman–Crippen LogP) is 2.87. The first kappa shape index (κ1) is 14.3. The monoisotopic (exact) mass is 313 g/mol. The number of rotatable bonds is 5. The van der Waals surface area contributed by atoms with Gasteiger partial charge in [0, 0.05) is 4.88 Å². The molecule has 5 nitrogen and oxygen atoms in total. The van der Waals surface area contributed by atoms with Crippen molar-refractivity contribution in [2.24, 2.45) is 0 Å². The molecule has 3 rings (SSSR count). The number of thiophene rings is 1. The highest BCUT2D eigenvalue weighted by molar-refractivity contribution is 7.09. The van der Waals surface area contributed by atoms with Crippen LogP contribution in [0.2, 0.25) is 0 Å². The van der Waals surface area contributed by atoms with E-state index in [0.29, 0.717) is 12.3 Å². The zero-order valence-corrected chi connectivity index (χ0v) is 12.8. The minimum absolute atomic E-state index is 0.250. The van der Waals surface area contributed by atoms with Gasteiger partial charge in [0.2, 0.25) is 0 Å². The van der Waals surface area contributed by atoms with E-state index < -0.39 is 0 Å². The number of hydrogen-bond donors (Lipinski definition) is 1. The molecule has 2 aromatic heterocycles. The molecule has 0 atom stereocenters. The van der Waals surface area contributed by atoms with E-state index >= 15 is 0 Å². The number of hydrogen-bond acceptors (Lipinski definition) is 4. The Morgan fingerprint density at radius 1 is 1.27 bits per heavy atom. The van der Waals surface area contributed by atoms with E-state index in [0.717, 1.165) is 10.6 Å². The van der Waals surface area contributed by atoms with Crippen LogP contribution in [0.1, 0.15) is 15.4 Å². The average Bonchev–Trinajstić information content (AvgIpc) is 3.22. The van der Waals surface area contributed by atoms with Crippen LogP contribution in [0.5, 0.6) is 5.75 Å². The van der Waals surface area contributed by atoms with Crippen LogP contribution >= 0.6 is 11.3 Å². The molecule has 0 spiro atoms. The normalized spacial score (nSPS) is 10.4. The number of ether oxygens (including phenoxy) is 1. The van der Waals surface area contributed by atoms with Crippen LogP contribution in [0.25, 0.3) is 5.69 Å².